The Morgan fingerprint density at radius 2 is 1.76 bits per heavy atom. The summed E-state index contributed by atoms with van der Waals surface area (Å²) in [5.41, 5.74) is 6.42. The van der Waals surface area contributed by atoms with Crippen molar-refractivity contribution in [2.45, 2.75) is 12.0 Å². The molecule has 0 amide bonds. The zero-order valence-electron chi connectivity index (χ0n) is 10.9. The van der Waals surface area contributed by atoms with Crippen LogP contribution in [0.25, 0.3) is 0 Å². The number of hydrogen-bond donors (Lipinski definition) is 2. The van der Waals surface area contributed by atoms with Gasteiger partial charge in [-0.25, -0.2) is 8.78 Å². The van der Waals surface area contributed by atoms with Gasteiger partial charge in [-0.15, -0.1) is 0 Å². The van der Waals surface area contributed by atoms with Crippen molar-refractivity contribution in [3.63, 3.8) is 0 Å². The van der Waals surface area contributed by atoms with Crippen LogP contribution in [0.1, 0.15) is 23.1 Å². The standard InChI is InChI=1S/C15H13BrClF2NO/c16-9-1-2-12(14(17)5-9)15(21)13(7-20)8-3-10(18)6-11(19)4-8/h1-6,13,15,21H,7,20H2. The van der Waals surface area contributed by atoms with Crippen LogP contribution in [0.2, 0.25) is 5.02 Å². The van der Waals surface area contributed by atoms with Gasteiger partial charge in [0.1, 0.15) is 11.6 Å². The monoisotopic (exact) mass is 375 g/mol. The van der Waals surface area contributed by atoms with Crippen molar-refractivity contribution < 1.29 is 13.9 Å². The van der Waals surface area contributed by atoms with Gasteiger partial charge in [0, 0.05) is 28.0 Å². The molecule has 2 nitrogen and oxygen atoms in total. The van der Waals surface area contributed by atoms with Crippen LogP contribution in [-0.4, -0.2) is 11.7 Å². The van der Waals surface area contributed by atoms with E-state index in [9.17, 15) is 13.9 Å². The van der Waals surface area contributed by atoms with Gasteiger partial charge in [0.2, 0.25) is 0 Å². The number of halogens is 4. The third kappa shape index (κ3) is 3.80. The molecule has 0 bridgehead atoms. The van der Waals surface area contributed by atoms with E-state index in [4.69, 9.17) is 17.3 Å². The Morgan fingerprint density at radius 3 is 2.29 bits per heavy atom. The van der Waals surface area contributed by atoms with E-state index in [1.54, 1.807) is 18.2 Å². The van der Waals surface area contributed by atoms with E-state index in [0.717, 1.165) is 22.7 Å². The zero-order valence-corrected chi connectivity index (χ0v) is 13.2. The highest BCUT2D eigenvalue weighted by molar-refractivity contribution is 9.10. The predicted molar refractivity (Wildman–Crippen MR) is 82.3 cm³/mol. The minimum absolute atomic E-state index is 0.0243. The fraction of sp³-hybridized carbons (Fsp3) is 0.200. The maximum Gasteiger partial charge on any atom is 0.126 e. The van der Waals surface area contributed by atoms with E-state index in [0.29, 0.717) is 16.1 Å². The van der Waals surface area contributed by atoms with Gasteiger partial charge in [-0.05, 0) is 35.4 Å². The minimum atomic E-state index is -1.06. The van der Waals surface area contributed by atoms with Crippen molar-refractivity contribution in [1.29, 1.82) is 0 Å². The molecule has 6 heteroatoms. The summed E-state index contributed by atoms with van der Waals surface area (Å²) in [6.07, 6.45) is -1.06. The van der Waals surface area contributed by atoms with Crippen molar-refractivity contribution in [2.24, 2.45) is 5.73 Å². The molecule has 0 aliphatic heterocycles. The first kappa shape index (κ1) is 16.4. The van der Waals surface area contributed by atoms with Gasteiger partial charge in [-0.1, -0.05) is 33.6 Å². The maximum atomic E-state index is 13.3. The van der Waals surface area contributed by atoms with Gasteiger partial charge in [-0.3, -0.25) is 0 Å². The first-order valence-corrected chi connectivity index (χ1v) is 7.38. The van der Waals surface area contributed by atoms with E-state index in [1.165, 1.54) is 0 Å². The Hall–Kier alpha value is -1.01. The summed E-state index contributed by atoms with van der Waals surface area (Å²) in [7, 11) is 0. The summed E-state index contributed by atoms with van der Waals surface area (Å²) >= 11 is 9.37. The molecule has 2 rings (SSSR count). The number of aliphatic hydroxyl groups is 1. The number of rotatable bonds is 4. The second kappa shape index (κ2) is 6.83. The van der Waals surface area contributed by atoms with Gasteiger partial charge < -0.3 is 10.8 Å². The minimum Gasteiger partial charge on any atom is -0.388 e. The SMILES string of the molecule is NCC(c1cc(F)cc(F)c1)C(O)c1ccc(Br)cc1Cl. The zero-order chi connectivity index (χ0) is 15.6. The van der Waals surface area contributed by atoms with Crippen LogP contribution >= 0.6 is 27.5 Å². The van der Waals surface area contributed by atoms with Gasteiger partial charge in [-0.2, -0.15) is 0 Å². The molecule has 0 saturated heterocycles. The van der Waals surface area contributed by atoms with Crippen molar-refractivity contribution in [3.8, 4) is 0 Å². The van der Waals surface area contributed by atoms with E-state index in [1.807, 2.05) is 0 Å². The number of nitrogens with two attached hydrogens (primary N) is 1. The molecular formula is C15H13BrClF2NO. The van der Waals surface area contributed by atoms with Crippen LogP contribution in [0.3, 0.4) is 0 Å². The lowest BCUT2D eigenvalue weighted by molar-refractivity contribution is 0.147. The number of benzene rings is 2. The van der Waals surface area contributed by atoms with Crippen LogP contribution < -0.4 is 5.73 Å². The molecular weight excluding hydrogens is 364 g/mol. The van der Waals surface area contributed by atoms with Crippen LogP contribution in [0, 0.1) is 11.6 Å². The molecule has 2 aromatic rings. The van der Waals surface area contributed by atoms with Gasteiger partial charge in [0.25, 0.3) is 0 Å². The molecule has 2 atom stereocenters. The van der Waals surface area contributed by atoms with Gasteiger partial charge >= 0.3 is 0 Å². The Kier molecular flexibility index (Phi) is 5.32. The fourth-order valence-corrected chi connectivity index (χ4v) is 2.98. The largest absolute Gasteiger partial charge is 0.388 e. The van der Waals surface area contributed by atoms with Crippen LogP contribution in [0.5, 0.6) is 0 Å². The summed E-state index contributed by atoms with van der Waals surface area (Å²) in [5, 5.41) is 10.8. The lowest BCUT2D eigenvalue weighted by Crippen LogP contribution is -2.20. The molecule has 0 aromatic heterocycles. The topological polar surface area (TPSA) is 46.2 Å². The Morgan fingerprint density at radius 1 is 1.14 bits per heavy atom. The molecule has 21 heavy (non-hydrogen) atoms. The van der Waals surface area contributed by atoms with Crippen molar-refractivity contribution in [1.82, 2.24) is 0 Å². The molecule has 2 aromatic carbocycles. The molecule has 3 N–H and O–H groups in total. The summed E-state index contributed by atoms with van der Waals surface area (Å²) < 4.78 is 27.4. The van der Waals surface area contributed by atoms with Crippen molar-refractivity contribution in [2.75, 3.05) is 6.54 Å². The van der Waals surface area contributed by atoms with E-state index in [2.05, 4.69) is 15.9 Å². The quantitative estimate of drug-likeness (QED) is 0.842. The molecule has 112 valence electrons. The molecule has 0 saturated carbocycles. The third-order valence-electron chi connectivity index (χ3n) is 3.23. The average molecular weight is 377 g/mol. The van der Waals surface area contributed by atoms with Crippen LogP contribution in [-0.2, 0) is 0 Å². The summed E-state index contributed by atoms with van der Waals surface area (Å²) in [5.74, 6) is -2.08. The van der Waals surface area contributed by atoms with E-state index >= 15 is 0 Å². The highest BCUT2D eigenvalue weighted by atomic mass is 79.9. The van der Waals surface area contributed by atoms with Crippen LogP contribution in [0.4, 0.5) is 8.78 Å². The van der Waals surface area contributed by atoms with Crippen molar-refractivity contribution >= 4 is 27.5 Å². The second-order valence-electron chi connectivity index (χ2n) is 4.66. The molecule has 0 aliphatic carbocycles. The normalized spacial score (nSPS) is 14.0. The molecule has 0 spiro atoms. The Balaban J connectivity index is 2.40. The van der Waals surface area contributed by atoms with E-state index < -0.39 is 23.7 Å². The molecule has 0 heterocycles. The maximum absolute atomic E-state index is 13.3. The third-order valence-corrected chi connectivity index (χ3v) is 4.05. The van der Waals surface area contributed by atoms with Crippen molar-refractivity contribution in [3.05, 3.63) is 68.7 Å². The fourth-order valence-electron chi connectivity index (χ4n) is 2.19. The lowest BCUT2D eigenvalue weighted by atomic mass is 9.89. The molecule has 0 radical (unpaired) electrons. The van der Waals surface area contributed by atoms with Crippen LogP contribution in [0.15, 0.2) is 40.9 Å². The number of hydrogen-bond acceptors (Lipinski definition) is 2. The molecule has 2 unspecified atom stereocenters. The predicted octanol–water partition coefficient (Wildman–Crippen LogP) is 4.16. The Labute approximate surface area is 134 Å². The smallest absolute Gasteiger partial charge is 0.126 e. The van der Waals surface area contributed by atoms with E-state index in [-0.39, 0.29) is 6.54 Å². The lowest BCUT2D eigenvalue weighted by Gasteiger charge is -2.23. The summed E-state index contributed by atoms with van der Waals surface area (Å²) in [6.45, 7) is 0.0243. The first-order valence-electron chi connectivity index (χ1n) is 6.21. The van der Waals surface area contributed by atoms with Gasteiger partial charge in [0.15, 0.2) is 0 Å². The van der Waals surface area contributed by atoms with Gasteiger partial charge in [0.05, 0.1) is 6.10 Å². The second-order valence-corrected chi connectivity index (χ2v) is 5.98. The Bertz CT molecular complexity index is 633. The molecule has 0 aliphatic rings. The average Bonchev–Trinajstić information content (AvgIpc) is 2.38. The summed E-state index contributed by atoms with van der Waals surface area (Å²) in [4.78, 5) is 0. The molecule has 0 fully saturated rings. The summed E-state index contributed by atoms with van der Waals surface area (Å²) in [6, 6.07) is 8.11. The number of aliphatic hydroxyl groups excluding tert-OH is 1. The highest BCUT2D eigenvalue weighted by Crippen LogP contribution is 2.35. The first-order chi connectivity index (χ1) is 9.92. The highest BCUT2D eigenvalue weighted by Gasteiger charge is 2.24.